The monoisotopic (exact) mass is 436 g/mol. The summed E-state index contributed by atoms with van der Waals surface area (Å²) < 4.78 is 35.3. The maximum Gasteiger partial charge on any atom is 0.360 e. The Morgan fingerprint density at radius 1 is 1.15 bits per heavy atom. The smallest absolute Gasteiger partial charge is 0.360 e. The molecule has 0 radical (unpaired) electrons. The molecule has 0 aliphatic rings. The van der Waals surface area contributed by atoms with E-state index in [1.165, 1.54) is 13.3 Å². The van der Waals surface area contributed by atoms with Crippen molar-refractivity contribution in [3.63, 3.8) is 0 Å². The summed E-state index contributed by atoms with van der Waals surface area (Å²) >= 11 is 3.25. The Balaban J connectivity index is 2.11. The maximum absolute atomic E-state index is 12.5. The molecule has 7 nitrogen and oxygen atoms in total. The van der Waals surface area contributed by atoms with Gasteiger partial charge in [-0.2, -0.15) is 8.42 Å². The number of benzene rings is 1. The third kappa shape index (κ3) is 3.83. The lowest BCUT2D eigenvalue weighted by Gasteiger charge is -2.13. The van der Waals surface area contributed by atoms with Crippen LogP contribution in [0.1, 0.15) is 16.1 Å². The van der Waals surface area contributed by atoms with Crippen LogP contribution in [0.4, 0.5) is 0 Å². The average molecular weight is 437 g/mol. The second kappa shape index (κ2) is 7.38. The number of pyridine rings is 2. The van der Waals surface area contributed by atoms with Crippen LogP contribution in [0.25, 0.3) is 10.9 Å². The summed E-state index contributed by atoms with van der Waals surface area (Å²) in [4.78, 5) is 20.3. The zero-order valence-electron chi connectivity index (χ0n) is 13.5. The predicted octanol–water partition coefficient (Wildman–Crippen LogP) is 3.09. The first kappa shape index (κ1) is 18.3. The van der Waals surface area contributed by atoms with Crippen molar-refractivity contribution in [1.29, 1.82) is 0 Å². The Hall–Kier alpha value is -2.52. The summed E-state index contributed by atoms with van der Waals surface area (Å²) in [5.41, 5.74) is 0.461. The van der Waals surface area contributed by atoms with Crippen molar-refractivity contribution >= 4 is 42.9 Å². The Morgan fingerprint density at radius 2 is 1.88 bits per heavy atom. The zero-order chi connectivity index (χ0) is 18.7. The van der Waals surface area contributed by atoms with E-state index in [4.69, 9.17) is 4.18 Å². The number of carbonyl (C=O) groups is 1. The fourth-order valence-electron chi connectivity index (χ4n) is 2.32. The number of halogens is 1. The number of esters is 1. The molecule has 3 rings (SSSR count). The molecule has 2 heterocycles. The number of nitrogens with zero attached hydrogens (tertiary/aromatic N) is 2. The molecule has 0 aliphatic carbocycles. The van der Waals surface area contributed by atoms with Crippen molar-refractivity contribution in [3.8, 4) is 5.75 Å². The van der Waals surface area contributed by atoms with Crippen molar-refractivity contribution in [2.24, 2.45) is 0 Å². The van der Waals surface area contributed by atoms with Crippen molar-refractivity contribution < 1.29 is 22.1 Å². The molecule has 0 atom stereocenters. The zero-order valence-corrected chi connectivity index (χ0v) is 16.0. The van der Waals surface area contributed by atoms with Crippen LogP contribution in [-0.2, 0) is 20.6 Å². The van der Waals surface area contributed by atoms with Crippen molar-refractivity contribution in [3.05, 3.63) is 64.5 Å². The van der Waals surface area contributed by atoms with Gasteiger partial charge in [0.1, 0.15) is 15.9 Å². The second-order valence-electron chi connectivity index (χ2n) is 5.24. The van der Waals surface area contributed by atoms with Gasteiger partial charge in [0.05, 0.1) is 7.11 Å². The number of aromatic nitrogens is 2. The summed E-state index contributed by atoms with van der Waals surface area (Å²) in [5.74, 6) is -1.45. The standard InChI is InChI=1S/C17H13BrN2O5S/c1-24-17(21)14-15(13-12(16(18)20-14)8-5-9-19-13)25-26(22,23)10-11-6-3-2-4-7-11/h2-9H,10H2,1H3. The number of rotatable bonds is 5. The van der Waals surface area contributed by atoms with Crippen molar-refractivity contribution in [2.75, 3.05) is 7.11 Å². The molecular formula is C17H13BrN2O5S. The van der Waals surface area contributed by atoms with Crippen LogP contribution < -0.4 is 4.18 Å². The number of methoxy groups -OCH3 is 1. The molecule has 2 aromatic heterocycles. The molecule has 134 valence electrons. The molecule has 26 heavy (non-hydrogen) atoms. The Bertz CT molecular complexity index is 1070. The molecule has 0 N–H and O–H groups in total. The Labute approximate surface area is 158 Å². The van der Waals surface area contributed by atoms with Crippen LogP contribution in [0.3, 0.4) is 0 Å². The second-order valence-corrected chi connectivity index (χ2v) is 7.56. The number of ether oxygens (including phenoxy) is 1. The quantitative estimate of drug-likeness (QED) is 0.344. The van der Waals surface area contributed by atoms with Gasteiger partial charge in [0, 0.05) is 11.6 Å². The summed E-state index contributed by atoms with van der Waals surface area (Å²) in [5, 5.41) is 0.505. The van der Waals surface area contributed by atoms with Gasteiger partial charge in [-0.25, -0.2) is 9.78 Å². The van der Waals surface area contributed by atoms with Gasteiger partial charge in [-0.15, -0.1) is 0 Å². The van der Waals surface area contributed by atoms with E-state index in [1.54, 1.807) is 42.5 Å². The van der Waals surface area contributed by atoms with Gasteiger partial charge in [0.25, 0.3) is 0 Å². The van der Waals surface area contributed by atoms with E-state index >= 15 is 0 Å². The molecule has 0 amide bonds. The molecule has 0 aliphatic heterocycles. The first-order valence-corrected chi connectivity index (χ1v) is 9.77. The fourth-order valence-corrected chi connectivity index (χ4v) is 3.89. The van der Waals surface area contributed by atoms with Gasteiger partial charge in [0.2, 0.25) is 5.75 Å². The number of hydrogen-bond acceptors (Lipinski definition) is 7. The molecular weight excluding hydrogens is 424 g/mol. The van der Waals surface area contributed by atoms with E-state index in [0.717, 1.165) is 0 Å². The van der Waals surface area contributed by atoms with Gasteiger partial charge in [-0.1, -0.05) is 30.3 Å². The van der Waals surface area contributed by atoms with Crippen LogP contribution in [0, 0.1) is 0 Å². The maximum atomic E-state index is 12.5. The van der Waals surface area contributed by atoms with Gasteiger partial charge >= 0.3 is 16.1 Å². The highest BCUT2D eigenvalue weighted by atomic mass is 79.9. The molecule has 0 spiro atoms. The van der Waals surface area contributed by atoms with E-state index in [1.807, 2.05) is 0 Å². The minimum Gasteiger partial charge on any atom is -0.464 e. The number of fused-ring (bicyclic) bond motifs is 1. The van der Waals surface area contributed by atoms with Crippen LogP contribution in [0.15, 0.2) is 53.3 Å². The molecule has 3 aromatic rings. The van der Waals surface area contributed by atoms with Crippen LogP contribution in [0.2, 0.25) is 0 Å². The van der Waals surface area contributed by atoms with E-state index in [9.17, 15) is 13.2 Å². The molecule has 9 heteroatoms. The summed E-state index contributed by atoms with van der Waals surface area (Å²) in [6, 6.07) is 11.9. The largest absolute Gasteiger partial charge is 0.464 e. The normalized spacial score (nSPS) is 11.3. The average Bonchev–Trinajstić information content (AvgIpc) is 2.63. The lowest BCUT2D eigenvalue weighted by Crippen LogP contribution is -2.16. The summed E-state index contributed by atoms with van der Waals surface area (Å²) in [6.07, 6.45) is 1.46. The van der Waals surface area contributed by atoms with Gasteiger partial charge in [-0.05, 0) is 33.6 Å². The van der Waals surface area contributed by atoms with Crippen molar-refractivity contribution in [1.82, 2.24) is 9.97 Å². The topological polar surface area (TPSA) is 95.4 Å². The van der Waals surface area contributed by atoms with Gasteiger partial charge in [-0.3, -0.25) is 4.98 Å². The highest BCUT2D eigenvalue weighted by Crippen LogP contribution is 2.33. The van der Waals surface area contributed by atoms with E-state index < -0.39 is 16.1 Å². The molecule has 0 saturated carbocycles. The van der Waals surface area contributed by atoms with E-state index in [0.29, 0.717) is 15.6 Å². The molecule has 1 aromatic carbocycles. The number of hydrogen-bond donors (Lipinski definition) is 0. The van der Waals surface area contributed by atoms with Gasteiger partial charge < -0.3 is 8.92 Å². The third-order valence-corrected chi connectivity index (χ3v) is 5.16. The van der Waals surface area contributed by atoms with Gasteiger partial charge in [0.15, 0.2) is 5.69 Å². The predicted molar refractivity (Wildman–Crippen MR) is 98.3 cm³/mol. The van der Waals surface area contributed by atoms with E-state index in [-0.39, 0.29) is 22.7 Å². The summed E-state index contributed by atoms with van der Waals surface area (Å²) in [6.45, 7) is 0. The highest BCUT2D eigenvalue weighted by molar-refractivity contribution is 9.10. The molecule has 0 bridgehead atoms. The molecule has 0 fully saturated rings. The van der Waals surface area contributed by atoms with Crippen LogP contribution >= 0.6 is 15.9 Å². The number of carbonyl (C=O) groups excluding carboxylic acids is 1. The minimum atomic E-state index is -4.06. The Kier molecular flexibility index (Phi) is 5.19. The first-order chi connectivity index (χ1) is 12.4. The molecule has 0 saturated heterocycles. The van der Waals surface area contributed by atoms with Crippen LogP contribution in [-0.4, -0.2) is 31.5 Å². The fraction of sp³-hybridized carbons (Fsp3) is 0.118. The van der Waals surface area contributed by atoms with Crippen molar-refractivity contribution in [2.45, 2.75) is 5.75 Å². The Morgan fingerprint density at radius 3 is 2.58 bits per heavy atom. The third-order valence-electron chi connectivity index (χ3n) is 3.45. The lowest BCUT2D eigenvalue weighted by atomic mass is 10.2. The lowest BCUT2D eigenvalue weighted by molar-refractivity contribution is 0.0592. The summed E-state index contributed by atoms with van der Waals surface area (Å²) in [7, 11) is -2.89. The van der Waals surface area contributed by atoms with Crippen LogP contribution in [0.5, 0.6) is 5.75 Å². The molecule has 0 unspecified atom stereocenters. The SMILES string of the molecule is COC(=O)c1nc(Br)c2cccnc2c1OS(=O)(=O)Cc1ccccc1. The highest BCUT2D eigenvalue weighted by Gasteiger charge is 2.26. The minimum absolute atomic E-state index is 0.186. The first-order valence-electron chi connectivity index (χ1n) is 7.40. The van der Waals surface area contributed by atoms with E-state index in [2.05, 4.69) is 30.6 Å².